The van der Waals surface area contributed by atoms with E-state index in [4.69, 9.17) is 9.47 Å². The Morgan fingerprint density at radius 2 is 2.00 bits per heavy atom. The van der Waals surface area contributed by atoms with Gasteiger partial charge in [-0.25, -0.2) is 14.8 Å². The van der Waals surface area contributed by atoms with E-state index < -0.39 is 11.5 Å². The van der Waals surface area contributed by atoms with Crippen molar-refractivity contribution in [3.63, 3.8) is 0 Å². The molecule has 0 amide bonds. The van der Waals surface area contributed by atoms with Crippen LogP contribution in [0, 0.1) is 6.92 Å². The molecule has 2 atom stereocenters. The predicted molar refractivity (Wildman–Crippen MR) is 111 cm³/mol. The van der Waals surface area contributed by atoms with Crippen molar-refractivity contribution >= 4 is 23.5 Å². The second-order valence-corrected chi connectivity index (χ2v) is 8.23. The third kappa shape index (κ3) is 6.57. The van der Waals surface area contributed by atoms with Crippen LogP contribution in [-0.4, -0.2) is 40.7 Å². The van der Waals surface area contributed by atoms with E-state index in [-0.39, 0.29) is 41.2 Å². The molecule has 0 bridgehead atoms. The fraction of sp³-hybridized carbons (Fsp3) is 0.476. The quantitative estimate of drug-likeness (QED) is 0.449. The number of esters is 1. The van der Waals surface area contributed by atoms with Crippen molar-refractivity contribution in [2.24, 2.45) is 0 Å². The van der Waals surface area contributed by atoms with Crippen molar-refractivity contribution in [2.75, 3.05) is 18.5 Å². The number of thioether (sulfide) groups is 1. The third-order valence-electron chi connectivity index (χ3n) is 4.88. The third-order valence-corrected chi connectivity index (χ3v) is 5.62. The first kappa shape index (κ1) is 23.3. The molecule has 1 aliphatic rings. The van der Waals surface area contributed by atoms with Crippen LogP contribution < -0.4 is 5.32 Å². The van der Waals surface area contributed by atoms with E-state index in [1.54, 1.807) is 26.0 Å². The van der Waals surface area contributed by atoms with Crippen LogP contribution in [0.4, 0.5) is 19.0 Å². The number of nitrogens with zero attached hydrogens (tertiary/aromatic N) is 2. The van der Waals surface area contributed by atoms with Gasteiger partial charge < -0.3 is 14.8 Å². The highest BCUT2D eigenvalue weighted by atomic mass is 32.2. The Bertz CT molecular complexity index is 894. The van der Waals surface area contributed by atoms with Gasteiger partial charge in [-0.15, -0.1) is 0 Å². The summed E-state index contributed by atoms with van der Waals surface area (Å²) in [5, 5.41) is 3.21. The first-order chi connectivity index (χ1) is 14.8. The number of hydrogen-bond donors (Lipinski definition) is 1. The molecule has 0 saturated carbocycles. The fourth-order valence-electron chi connectivity index (χ4n) is 3.42. The lowest BCUT2D eigenvalue weighted by atomic mass is 9.98. The average molecular weight is 456 g/mol. The maximum absolute atomic E-state index is 12.5. The van der Waals surface area contributed by atoms with E-state index in [0.717, 1.165) is 24.8 Å². The lowest BCUT2D eigenvalue weighted by Crippen LogP contribution is -2.29. The molecule has 1 N–H and O–H groups in total. The highest BCUT2D eigenvalue weighted by Crippen LogP contribution is 2.38. The number of ether oxygens (including phenoxy) is 2. The number of anilines is 1. The zero-order valence-electron chi connectivity index (χ0n) is 17.2. The van der Waals surface area contributed by atoms with Crippen molar-refractivity contribution in [3.8, 4) is 0 Å². The molecule has 2 aromatic rings. The minimum absolute atomic E-state index is 0.0941. The molecular formula is C21H24F3N3O3S. The van der Waals surface area contributed by atoms with Crippen LogP contribution >= 0.6 is 11.8 Å². The summed E-state index contributed by atoms with van der Waals surface area (Å²) in [5.74, 6) is 0.0452. The molecule has 0 spiro atoms. The smallest absolute Gasteiger partial charge is 0.446 e. The lowest BCUT2D eigenvalue weighted by molar-refractivity contribution is -0.0442. The van der Waals surface area contributed by atoms with Gasteiger partial charge in [-0.3, -0.25) is 0 Å². The Labute approximate surface area is 182 Å². The van der Waals surface area contributed by atoms with Gasteiger partial charge in [-0.2, -0.15) is 13.2 Å². The number of carbonyl (C=O) groups excluding carboxylic acids is 1. The summed E-state index contributed by atoms with van der Waals surface area (Å²) in [6.45, 7) is 4.23. The SMILES string of the molecule is CCOC(=O)c1ncnc(NC[C@H]2CCC[C@@H](c3ccc(SC(F)(F)F)cc3)O2)c1C. The van der Waals surface area contributed by atoms with Crippen LogP contribution in [0.2, 0.25) is 0 Å². The van der Waals surface area contributed by atoms with Gasteiger partial charge in [-0.1, -0.05) is 12.1 Å². The molecule has 31 heavy (non-hydrogen) atoms. The van der Waals surface area contributed by atoms with E-state index in [9.17, 15) is 18.0 Å². The molecule has 6 nitrogen and oxygen atoms in total. The minimum Gasteiger partial charge on any atom is -0.461 e. The van der Waals surface area contributed by atoms with E-state index in [1.165, 1.54) is 18.5 Å². The van der Waals surface area contributed by atoms with Gasteiger partial charge in [0.25, 0.3) is 0 Å². The highest BCUT2D eigenvalue weighted by molar-refractivity contribution is 8.00. The molecule has 1 saturated heterocycles. The first-order valence-corrected chi connectivity index (χ1v) is 10.8. The standard InChI is InChI=1S/C21H24F3N3O3S/c1-3-29-20(28)18-13(2)19(27-12-26-18)25-11-15-5-4-6-17(30-15)14-7-9-16(10-8-14)31-21(22,23)24/h7-10,12,15,17H,3-6,11H2,1-2H3,(H,25,26,27)/t15-,17+/m1/s1. The topological polar surface area (TPSA) is 73.3 Å². The van der Waals surface area contributed by atoms with Crippen LogP contribution in [0.1, 0.15) is 53.9 Å². The molecule has 0 aliphatic carbocycles. The molecule has 0 radical (unpaired) electrons. The van der Waals surface area contributed by atoms with Crippen LogP contribution in [0.5, 0.6) is 0 Å². The number of halogens is 3. The Hall–Kier alpha value is -2.33. The number of carbonyl (C=O) groups is 1. The van der Waals surface area contributed by atoms with Crippen molar-refractivity contribution < 1.29 is 27.4 Å². The first-order valence-electron chi connectivity index (χ1n) is 10.0. The Kier molecular flexibility index (Phi) is 7.77. The summed E-state index contributed by atoms with van der Waals surface area (Å²) in [7, 11) is 0. The maximum Gasteiger partial charge on any atom is 0.446 e. The number of alkyl halides is 3. The van der Waals surface area contributed by atoms with Gasteiger partial charge >= 0.3 is 11.5 Å². The molecule has 10 heteroatoms. The van der Waals surface area contributed by atoms with E-state index in [0.29, 0.717) is 17.9 Å². The van der Waals surface area contributed by atoms with Gasteiger partial charge in [0.15, 0.2) is 5.69 Å². The minimum atomic E-state index is -4.30. The molecule has 1 aromatic carbocycles. The van der Waals surface area contributed by atoms with Crippen molar-refractivity contribution in [1.29, 1.82) is 0 Å². The van der Waals surface area contributed by atoms with E-state index >= 15 is 0 Å². The maximum atomic E-state index is 12.5. The molecule has 168 valence electrons. The lowest BCUT2D eigenvalue weighted by Gasteiger charge is -2.31. The highest BCUT2D eigenvalue weighted by Gasteiger charge is 2.29. The summed E-state index contributed by atoms with van der Waals surface area (Å²) in [6.07, 6.45) is 3.64. The number of rotatable bonds is 7. The fourth-order valence-corrected chi connectivity index (χ4v) is 3.96. The van der Waals surface area contributed by atoms with Gasteiger partial charge in [0.2, 0.25) is 0 Å². The number of aromatic nitrogens is 2. The Morgan fingerprint density at radius 1 is 1.26 bits per heavy atom. The molecular weight excluding hydrogens is 431 g/mol. The van der Waals surface area contributed by atoms with Crippen molar-refractivity contribution in [1.82, 2.24) is 9.97 Å². The molecule has 2 heterocycles. The summed E-state index contributed by atoms with van der Waals surface area (Å²) >= 11 is -0.126. The normalized spacial score (nSPS) is 19.1. The molecule has 3 rings (SSSR count). The van der Waals surface area contributed by atoms with Gasteiger partial charge in [0.1, 0.15) is 12.1 Å². The van der Waals surface area contributed by atoms with Crippen molar-refractivity contribution in [3.05, 3.63) is 47.4 Å². The van der Waals surface area contributed by atoms with Crippen LogP contribution in [-0.2, 0) is 9.47 Å². The van der Waals surface area contributed by atoms with E-state index in [1.807, 2.05) is 0 Å². The summed E-state index contributed by atoms with van der Waals surface area (Å²) in [5.41, 5.74) is -2.62. The molecule has 1 fully saturated rings. The average Bonchev–Trinajstić information content (AvgIpc) is 2.73. The zero-order chi connectivity index (χ0) is 22.4. The summed E-state index contributed by atoms with van der Waals surface area (Å²) < 4.78 is 48.7. The monoisotopic (exact) mass is 455 g/mol. The Morgan fingerprint density at radius 3 is 2.68 bits per heavy atom. The van der Waals surface area contributed by atoms with Crippen molar-refractivity contribution in [2.45, 2.75) is 55.7 Å². The van der Waals surface area contributed by atoms with E-state index in [2.05, 4.69) is 15.3 Å². The van der Waals surface area contributed by atoms with Gasteiger partial charge in [-0.05, 0) is 62.6 Å². The Balaban J connectivity index is 1.59. The molecule has 1 aliphatic heterocycles. The zero-order valence-corrected chi connectivity index (χ0v) is 18.1. The predicted octanol–water partition coefficient (Wildman–Crippen LogP) is 5.30. The summed E-state index contributed by atoms with van der Waals surface area (Å²) in [6, 6.07) is 6.32. The van der Waals surface area contributed by atoms with Gasteiger partial charge in [0.05, 0.1) is 18.8 Å². The second-order valence-electron chi connectivity index (χ2n) is 7.09. The number of benzene rings is 1. The van der Waals surface area contributed by atoms with Crippen LogP contribution in [0.15, 0.2) is 35.5 Å². The molecule has 1 aromatic heterocycles. The summed E-state index contributed by atoms with van der Waals surface area (Å²) in [4.78, 5) is 20.4. The number of hydrogen-bond acceptors (Lipinski definition) is 7. The molecule has 0 unspecified atom stereocenters. The largest absolute Gasteiger partial charge is 0.461 e. The second kappa shape index (κ2) is 10.3. The van der Waals surface area contributed by atoms with Gasteiger partial charge in [0, 0.05) is 17.0 Å². The van der Waals surface area contributed by atoms with Crippen LogP contribution in [0.3, 0.4) is 0 Å². The van der Waals surface area contributed by atoms with Crippen LogP contribution in [0.25, 0.3) is 0 Å². The number of nitrogens with one attached hydrogen (secondary N) is 1.